The highest BCUT2D eigenvalue weighted by atomic mass is 32.2. The third-order valence-electron chi connectivity index (χ3n) is 3.77. The van der Waals surface area contributed by atoms with Crippen molar-refractivity contribution in [2.24, 2.45) is 11.8 Å². The molecule has 4 nitrogen and oxygen atoms in total. The Hall–Kier alpha value is -1.46. The van der Waals surface area contributed by atoms with Crippen LogP contribution < -0.4 is 4.72 Å². The molecule has 0 aliphatic carbocycles. The van der Waals surface area contributed by atoms with E-state index in [1.165, 1.54) is 6.08 Å². The van der Waals surface area contributed by atoms with Gasteiger partial charge in [-0.3, -0.25) is 4.79 Å². The van der Waals surface area contributed by atoms with Crippen LogP contribution in [0.25, 0.3) is 0 Å². The molecule has 1 atom stereocenters. The van der Waals surface area contributed by atoms with Crippen LogP contribution in [0.3, 0.4) is 0 Å². The van der Waals surface area contributed by atoms with E-state index in [4.69, 9.17) is 0 Å². The number of rotatable bonds is 7. The summed E-state index contributed by atoms with van der Waals surface area (Å²) in [4.78, 5) is 12.7. The lowest BCUT2D eigenvalue weighted by Gasteiger charge is -2.21. The average molecular weight is 352 g/mol. The molecule has 0 bridgehead atoms. The molecule has 1 rings (SSSR count). The average Bonchev–Trinajstić information content (AvgIpc) is 2.40. The fourth-order valence-electron chi connectivity index (χ4n) is 2.73. The van der Waals surface area contributed by atoms with E-state index in [0.717, 1.165) is 5.56 Å². The van der Waals surface area contributed by atoms with Crippen LogP contribution >= 0.6 is 0 Å². The van der Waals surface area contributed by atoms with Crippen LogP contribution in [0.4, 0.5) is 0 Å². The van der Waals surface area contributed by atoms with Gasteiger partial charge in [-0.05, 0) is 49.8 Å². The second kappa shape index (κ2) is 8.08. The first-order valence-corrected chi connectivity index (χ1v) is 9.76. The monoisotopic (exact) mass is 351 g/mol. The van der Waals surface area contributed by atoms with Crippen LogP contribution in [0.2, 0.25) is 0 Å². The van der Waals surface area contributed by atoms with E-state index in [1.807, 2.05) is 46.8 Å². The molecule has 24 heavy (non-hydrogen) atoms. The molecule has 0 unspecified atom stereocenters. The summed E-state index contributed by atoms with van der Waals surface area (Å²) in [5, 5.41) is 0. The highest BCUT2D eigenvalue weighted by molar-refractivity contribution is 7.89. The van der Waals surface area contributed by atoms with E-state index in [2.05, 4.69) is 4.72 Å². The molecular formula is C19H29NO3S. The minimum atomic E-state index is -3.77. The molecule has 0 amide bonds. The summed E-state index contributed by atoms with van der Waals surface area (Å²) in [6.45, 7) is 13.1. The number of sulfonamides is 1. The maximum absolute atomic E-state index is 12.9. The molecular weight excluding hydrogens is 322 g/mol. The number of hydrogen-bond acceptors (Lipinski definition) is 3. The van der Waals surface area contributed by atoms with Crippen molar-refractivity contribution in [3.8, 4) is 0 Å². The van der Waals surface area contributed by atoms with Crippen molar-refractivity contribution in [2.45, 2.75) is 59.4 Å². The van der Waals surface area contributed by atoms with Gasteiger partial charge in [0.05, 0.1) is 10.9 Å². The number of ketones is 1. The lowest BCUT2D eigenvalue weighted by molar-refractivity contribution is -0.117. The van der Waals surface area contributed by atoms with Crippen LogP contribution in [0.15, 0.2) is 29.2 Å². The molecule has 0 spiro atoms. The second-order valence-corrected chi connectivity index (χ2v) is 8.73. The van der Waals surface area contributed by atoms with Gasteiger partial charge in [-0.25, -0.2) is 13.1 Å². The van der Waals surface area contributed by atoms with Gasteiger partial charge in [-0.15, -0.1) is 0 Å². The highest BCUT2D eigenvalue weighted by Gasteiger charge is 2.28. The summed E-state index contributed by atoms with van der Waals surface area (Å²) < 4.78 is 28.3. The van der Waals surface area contributed by atoms with Gasteiger partial charge in [0.15, 0.2) is 5.78 Å². The first-order chi connectivity index (χ1) is 11.0. The van der Waals surface area contributed by atoms with Gasteiger partial charge in [0, 0.05) is 0 Å². The van der Waals surface area contributed by atoms with E-state index in [1.54, 1.807) is 19.9 Å². The van der Waals surface area contributed by atoms with E-state index >= 15 is 0 Å². The number of hydrogen-bond donors (Lipinski definition) is 1. The summed E-state index contributed by atoms with van der Waals surface area (Å²) in [7, 11) is -3.77. The van der Waals surface area contributed by atoms with Crippen molar-refractivity contribution in [3.63, 3.8) is 0 Å². The summed E-state index contributed by atoms with van der Waals surface area (Å²) in [6, 6.07) is 2.91. The van der Waals surface area contributed by atoms with Gasteiger partial charge < -0.3 is 0 Å². The highest BCUT2D eigenvalue weighted by Crippen LogP contribution is 2.22. The summed E-state index contributed by atoms with van der Waals surface area (Å²) in [5.41, 5.74) is 2.39. The second-order valence-electron chi connectivity index (χ2n) is 7.08. The SMILES string of the molecule is Cc1cc(C)c(S(=O)(=O)N[C@H](C(=O)/C=C/C(C)C)C(C)C)c(C)c1. The first kappa shape index (κ1) is 20.6. The molecule has 0 saturated heterocycles. The first-order valence-electron chi connectivity index (χ1n) is 8.28. The minimum absolute atomic E-state index is 0.143. The Balaban J connectivity index is 3.21. The van der Waals surface area contributed by atoms with E-state index in [9.17, 15) is 13.2 Å². The van der Waals surface area contributed by atoms with Gasteiger partial charge in [0.1, 0.15) is 0 Å². The fourth-order valence-corrected chi connectivity index (χ4v) is 4.54. The largest absolute Gasteiger partial charge is 0.293 e. The van der Waals surface area contributed by atoms with Crippen LogP contribution in [-0.4, -0.2) is 20.2 Å². The quantitative estimate of drug-likeness (QED) is 0.762. The lowest BCUT2D eigenvalue weighted by atomic mass is 10.00. The predicted octanol–water partition coefficient (Wildman–Crippen LogP) is 3.70. The summed E-state index contributed by atoms with van der Waals surface area (Å²) in [6.07, 6.45) is 3.26. The number of carbonyl (C=O) groups is 1. The molecule has 0 fully saturated rings. The van der Waals surface area contributed by atoms with Gasteiger partial charge >= 0.3 is 0 Å². The maximum atomic E-state index is 12.9. The number of aryl methyl sites for hydroxylation is 3. The fraction of sp³-hybridized carbons (Fsp3) is 0.526. The van der Waals surface area contributed by atoms with Crippen molar-refractivity contribution in [2.75, 3.05) is 0 Å². The van der Waals surface area contributed by atoms with Crippen molar-refractivity contribution in [3.05, 3.63) is 41.0 Å². The topological polar surface area (TPSA) is 63.2 Å². The zero-order valence-corrected chi connectivity index (χ0v) is 16.5. The molecule has 1 aromatic rings. The zero-order valence-electron chi connectivity index (χ0n) is 15.7. The van der Waals surface area contributed by atoms with Crippen molar-refractivity contribution in [1.29, 1.82) is 0 Å². The molecule has 0 saturated carbocycles. The van der Waals surface area contributed by atoms with Crippen LogP contribution in [0.5, 0.6) is 0 Å². The summed E-state index contributed by atoms with van der Waals surface area (Å²) in [5.74, 6) is -0.125. The minimum Gasteiger partial charge on any atom is -0.293 e. The van der Waals surface area contributed by atoms with Crippen LogP contribution in [0, 0.1) is 32.6 Å². The van der Waals surface area contributed by atoms with Gasteiger partial charge in [0.25, 0.3) is 0 Å². The molecule has 0 aromatic heterocycles. The third kappa shape index (κ3) is 5.28. The van der Waals surface area contributed by atoms with Crippen molar-refractivity contribution < 1.29 is 13.2 Å². The normalized spacial score (nSPS) is 13.9. The van der Waals surface area contributed by atoms with E-state index in [-0.39, 0.29) is 22.5 Å². The molecule has 0 aliphatic heterocycles. The number of nitrogens with one attached hydrogen (secondary N) is 1. The van der Waals surface area contributed by atoms with Gasteiger partial charge in [-0.1, -0.05) is 51.5 Å². The number of benzene rings is 1. The van der Waals surface area contributed by atoms with Crippen LogP contribution in [0.1, 0.15) is 44.4 Å². The Morgan fingerprint density at radius 2 is 1.54 bits per heavy atom. The maximum Gasteiger partial charge on any atom is 0.241 e. The number of carbonyl (C=O) groups excluding carboxylic acids is 1. The smallest absolute Gasteiger partial charge is 0.241 e. The molecule has 5 heteroatoms. The third-order valence-corrected chi connectivity index (χ3v) is 5.52. The Morgan fingerprint density at radius 1 is 1.04 bits per heavy atom. The molecule has 0 radical (unpaired) electrons. The van der Waals surface area contributed by atoms with Crippen molar-refractivity contribution >= 4 is 15.8 Å². The number of allylic oxidation sites excluding steroid dienone is 1. The standard InChI is InChI=1S/C19H29NO3S/c1-12(2)8-9-17(21)18(13(3)4)20-24(22,23)19-15(6)10-14(5)11-16(19)7/h8-13,18,20H,1-7H3/b9-8+/t18-/m0/s1. The van der Waals surface area contributed by atoms with Gasteiger partial charge in [-0.2, -0.15) is 0 Å². The molecule has 0 aliphatic rings. The Morgan fingerprint density at radius 3 is 1.96 bits per heavy atom. The molecule has 0 heterocycles. The molecule has 134 valence electrons. The lowest BCUT2D eigenvalue weighted by Crippen LogP contribution is -2.44. The Labute approximate surface area is 146 Å². The Bertz CT molecular complexity index is 708. The molecule has 1 N–H and O–H groups in total. The van der Waals surface area contributed by atoms with Gasteiger partial charge in [0.2, 0.25) is 10.0 Å². The van der Waals surface area contributed by atoms with E-state index in [0.29, 0.717) is 11.1 Å². The Kier molecular flexibility index (Phi) is 6.93. The zero-order chi connectivity index (χ0) is 18.7. The predicted molar refractivity (Wildman–Crippen MR) is 98.6 cm³/mol. The van der Waals surface area contributed by atoms with Crippen LogP contribution in [-0.2, 0) is 14.8 Å². The van der Waals surface area contributed by atoms with E-state index < -0.39 is 16.1 Å². The molecule has 1 aromatic carbocycles. The summed E-state index contributed by atoms with van der Waals surface area (Å²) >= 11 is 0. The van der Waals surface area contributed by atoms with Crippen molar-refractivity contribution in [1.82, 2.24) is 4.72 Å².